The second-order valence-electron chi connectivity index (χ2n) is 3.64. The summed E-state index contributed by atoms with van der Waals surface area (Å²) in [6.07, 6.45) is 2.09. The molecule has 5 nitrogen and oxygen atoms in total. The molecule has 0 radical (unpaired) electrons. The van der Waals surface area contributed by atoms with Crippen LogP contribution < -0.4 is 11.1 Å². The van der Waals surface area contributed by atoms with Gasteiger partial charge in [0.15, 0.2) is 0 Å². The molecule has 0 spiro atoms. The van der Waals surface area contributed by atoms with Crippen molar-refractivity contribution < 1.29 is 9.21 Å². The van der Waals surface area contributed by atoms with Gasteiger partial charge in [0.1, 0.15) is 6.26 Å². The molecule has 2 aromatic rings. The van der Waals surface area contributed by atoms with E-state index in [2.05, 4.69) is 10.3 Å². The van der Waals surface area contributed by atoms with Crippen molar-refractivity contribution in [3.63, 3.8) is 0 Å². The molecular weight excluding hydrogens is 254 g/mol. The third kappa shape index (κ3) is 3.09. The maximum Gasteiger partial charge on any atom is 0.301 e. The molecule has 94 valence electrons. The van der Waals surface area contributed by atoms with Crippen molar-refractivity contribution >= 4 is 23.5 Å². The third-order valence-corrected chi connectivity index (χ3v) is 2.53. The lowest BCUT2D eigenvalue weighted by Crippen LogP contribution is -2.12. The lowest BCUT2D eigenvalue weighted by atomic mass is 10.2. The van der Waals surface area contributed by atoms with Gasteiger partial charge in [-0.2, -0.15) is 4.98 Å². The van der Waals surface area contributed by atoms with E-state index in [1.807, 2.05) is 0 Å². The number of amides is 1. The van der Waals surface area contributed by atoms with Gasteiger partial charge in [-0.15, -0.1) is 0 Å². The van der Waals surface area contributed by atoms with E-state index in [4.69, 9.17) is 21.8 Å². The molecular formula is C12H12ClN3O2. The number of hydrogen-bond donors (Lipinski definition) is 2. The predicted molar refractivity (Wildman–Crippen MR) is 68.7 cm³/mol. The van der Waals surface area contributed by atoms with Crippen molar-refractivity contribution in [1.82, 2.24) is 4.98 Å². The van der Waals surface area contributed by atoms with E-state index in [0.29, 0.717) is 29.2 Å². The second kappa shape index (κ2) is 5.66. The standard InChI is InChI=1S/C12H12ClN3O2/c13-9-3-1-8(2-4-9)11(17)16-12-15-10(5-6-14)7-18-12/h1-4,7H,5-6,14H2,(H,15,16,17). The quantitative estimate of drug-likeness (QED) is 0.887. The first-order valence-electron chi connectivity index (χ1n) is 5.40. The Balaban J connectivity index is 2.04. The Kier molecular flexibility index (Phi) is 3.96. The number of oxazole rings is 1. The van der Waals surface area contributed by atoms with E-state index in [1.165, 1.54) is 6.26 Å². The van der Waals surface area contributed by atoms with Crippen LogP contribution in [0.15, 0.2) is 34.9 Å². The minimum Gasteiger partial charge on any atom is -0.432 e. The van der Waals surface area contributed by atoms with Gasteiger partial charge < -0.3 is 10.2 Å². The summed E-state index contributed by atoms with van der Waals surface area (Å²) in [6.45, 7) is 0.483. The molecule has 0 aliphatic carbocycles. The number of nitrogens with zero attached hydrogens (tertiary/aromatic N) is 1. The number of aromatic nitrogens is 1. The highest BCUT2D eigenvalue weighted by atomic mass is 35.5. The fraction of sp³-hybridized carbons (Fsp3) is 0.167. The zero-order valence-corrected chi connectivity index (χ0v) is 10.3. The Hall–Kier alpha value is -1.85. The van der Waals surface area contributed by atoms with Gasteiger partial charge in [0.05, 0.1) is 5.69 Å². The van der Waals surface area contributed by atoms with Crippen LogP contribution in [-0.4, -0.2) is 17.4 Å². The molecule has 0 saturated carbocycles. The number of hydrogen-bond acceptors (Lipinski definition) is 4. The molecule has 0 unspecified atom stereocenters. The monoisotopic (exact) mass is 265 g/mol. The molecule has 0 bridgehead atoms. The Labute approximate surface area is 109 Å². The van der Waals surface area contributed by atoms with Gasteiger partial charge in [-0.05, 0) is 30.8 Å². The predicted octanol–water partition coefficient (Wildman–Crippen LogP) is 2.08. The van der Waals surface area contributed by atoms with Gasteiger partial charge >= 0.3 is 6.01 Å². The van der Waals surface area contributed by atoms with Gasteiger partial charge in [-0.3, -0.25) is 10.1 Å². The second-order valence-corrected chi connectivity index (χ2v) is 4.08. The van der Waals surface area contributed by atoms with Gasteiger partial charge in [0.25, 0.3) is 5.91 Å². The maximum atomic E-state index is 11.8. The topological polar surface area (TPSA) is 81.1 Å². The van der Waals surface area contributed by atoms with Crippen LogP contribution in [0.5, 0.6) is 0 Å². The van der Waals surface area contributed by atoms with Crippen LogP contribution in [-0.2, 0) is 6.42 Å². The van der Waals surface area contributed by atoms with Crippen LogP contribution in [0.1, 0.15) is 16.1 Å². The number of carbonyl (C=O) groups excluding carboxylic acids is 1. The van der Waals surface area contributed by atoms with Gasteiger partial charge in [0, 0.05) is 17.0 Å². The highest BCUT2D eigenvalue weighted by Crippen LogP contribution is 2.12. The van der Waals surface area contributed by atoms with Gasteiger partial charge in [-0.1, -0.05) is 11.6 Å². The van der Waals surface area contributed by atoms with Crippen molar-refractivity contribution in [2.45, 2.75) is 6.42 Å². The first-order chi connectivity index (χ1) is 8.69. The summed E-state index contributed by atoms with van der Waals surface area (Å²) in [4.78, 5) is 15.9. The Bertz CT molecular complexity index is 537. The molecule has 6 heteroatoms. The number of nitrogens with two attached hydrogens (primary N) is 1. The van der Waals surface area contributed by atoms with Crippen LogP contribution in [0.2, 0.25) is 5.02 Å². The van der Waals surface area contributed by atoms with Gasteiger partial charge in [-0.25, -0.2) is 0 Å². The molecule has 3 N–H and O–H groups in total. The summed E-state index contributed by atoms with van der Waals surface area (Å²) in [7, 11) is 0. The highest BCUT2D eigenvalue weighted by molar-refractivity contribution is 6.30. The van der Waals surface area contributed by atoms with E-state index < -0.39 is 0 Å². The zero-order valence-electron chi connectivity index (χ0n) is 9.52. The Morgan fingerprint density at radius 2 is 2.11 bits per heavy atom. The molecule has 18 heavy (non-hydrogen) atoms. The molecule has 0 fully saturated rings. The summed E-state index contributed by atoms with van der Waals surface area (Å²) in [5.41, 5.74) is 6.59. The number of nitrogens with one attached hydrogen (secondary N) is 1. The molecule has 0 atom stereocenters. The minimum atomic E-state index is -0.298. The summed E-state index contributed by atoms with van der Waals surface area (Å²) in [5.74, 6) is -0.298. The fourth-order valence-electron chi connectivity index (χ4n) is 1.40. The van der Waals surface area contributed by atoms with Crippen LogP contribution >= 0.6 is 11.6 Å². The summed E-state index contributed by atoms with van der Waals surface area (Å²) in [6, 6.07) is 6.71. The van der Waals surface area contributed by atoms with Crippen LogP contribution in [0.4, 0.5) is 6.01 Å². The lowest BCUT2D eigenvalue weighted by Gasteiger charge is -2.00. The van der Waals surface area contributed by atoms with Crippen LogP contribution in [0, 0.1) is 0 Å². The third-order valence-electron chi connectivity index (χ3n) is 2.28. The fourth-order valence-corrected chi connectivity index (χ4v) is 1.52. The Morgan fingerprint density at radius 3 is 2.78 bits per heavy atom. The van der Waals surface area contributed by atoms with Crippen LogP contribution in [0.3, 0.4) is 0 Å². The first-order valence-corrected chi connectivity index (χ1v) is 5.78. The van der Waals surface area contributed by atoms with Crippen molar-refractivity contribution in [3.05, 3.63) is 46.8 Å². The number of anilines is 1. The summed E-state index contributed by atoms with van der Waals surface area (Å²) >= 11 is 5.74. The minimum absolute atomic E-state index is 0.165. The van der Waals surface area contributed by atoms with E-state index >= 15 is 0 Å². The van der Waals surface area contributed by atoms with Gasteiger partial charge in [0.2, 0.25) is 0 Å². The number of rotatable bonds is 4. The molecule has 1 aromatic carbocycles. The SMILES string of the molecule is NCCc1coc(NC(=O)c2ccc(Cl)cc2)n1. The van der Waals surface area contributed by atoms with Crippen molar-refractivity contribution in [3.8, 4) is 0 Å². The van der Waals surface area contributed by atoms with E-state index in [1.54, 1.807) is 24.3 Å². The van der Waals surface area contributed by atoms with E-state index in [9.17, 15) is 4.79 Å². The van der Waals surface area contributed by atoms with Crippen molar-refractivity contribution in [1.29, 1.82) is 0 Å². The molecule has 0 aliphatic heterocycles. The number of carbonyl (C=O) groups is 1. The zero-order chi connectivity index (χ0) is 13.0. The van der Waals surface area contributed by atoms with E-state index in [0.717, 1.165) is 0 Å². The molecule has 2 rings (SSSR count). The smallest absolute Gasteiger partial charge is 0.301 e. The lowest BCUT2D eigenvalue weighted by molar-refractivity contribution is 0.102. The largest absolute Gasteiger partial charge is 0.432 e. The average molecular weight is 266 g/mol. The summed E-state index contributed by atoms with van der Waals surface area (Å²) < 4.78 is 5.11. The molecule has 1 heterocycles. The number of benzene rings is 1. The first kappa shape index (κ1) is 12.6. The Morgan fingerprint density at radius 1 is 1.39 bits per heavy atom. The number of halogens is 1. The molecule has 1 aromatic heterocycles. The van der Waals surface area contributed by atoms with Crippen LogP contribution in [0.25, 0.3) is 0 Å². The highest BCUT2D eigenvalue weighted by Gasteiger charge is 2.09. The molecule has 1 amide bonds. The van der Waals surface area contributed by atoms with E-state index in [-0.39, 0.29) is 11.9 Å². The summed E-state index contributed by atoms with van der Waals surface area (Å²) in [5, 5.41) is 3.13. The van der Waals surface area contributed by atoms with Crippen molar-refractivity contribution in [2.24, 2.45) is 5.73 Å². The average Bonchev–Trinajstić information content (AvgIpc) is 2.78. The molecule has 0 aliphatic rings. The molecule has 0 saturated heterocycles. The maximum absolute atomic E-state index is 11.8. The van der Waals surface area contributed by atoms with Crippen molar-refractivity contribution in [2.75, 3.05) is 11.9 Å². The normalized spacial score (nSPS) is 10.3.